The zero-order valence-corrected chi connectivity index (χ0v) is 15.6. The molecule has 7 nitrogen and oxygen atoms in total. The van der Waals surface area contributed by atoms with Crippen molar-refractivity contribution in [2.45, 2.75) is 37.9 Å². The third kappa shape index (κ3) is 3.29. The highest BCUT2D eigenvalue weighted by Gasteiger charge is 2.38. The molecule has 1 saturated heterocycles. The summed E-state index contributed by atoms with van der Waals surface area (Å²) in [4.78, 5) is 13.9. The molecule has 0 radical (unpaired) electrons. The summed E-state index contributed by atoms with van der Waals surface area (Å²) in [5.41, 5.74) is 0.822. The van der Waals surface area contributed by atoms with E-state index in [4.69, 9.17) is 0 Å². The lowest BCUT2D eigenvalue weighted by Gasteiger charge is -2.37. The number of alkyl halides is 1. The minimum atomic E-state index is -3.31. The molecule has 1 saturated carbocycles. The van der Waals surface area contributed by atoms with Gasteiger partial charge in [-0.1, -0.05) is 0 Å². The number of fused-ring (bicyclic) bond motifs is 1. The van der Waals surface area contributed by atoms with Crippen molar-refractivity contribution in [1.29, 1.82) is 0 Å². The fraction of sp³-hybridized carbons (Fsp3) is 0.647. The van der Waals surface area contributed by atoms with Gasteiger partial charge in [0.15, 0.2) is 0 Å². The Kier molecular flexibility index (Phi) is 4.60. The average molecular weight is 381 g/mol. The number of aromatic nitrogens is 3. The lowest BCUT2D eigenvalue weighted by atomic mass is 9.86. The van der Waals surface area contributed by atoms with Gasteiger partial charge in [0.25, 0.3) is 0 Å². The van der Waals surface area contributed by atoms with Crippen molar-refractivity contribution < 1.29 is 12.8 Å². The first-order valence-corrected chi connectivity index (χ1v) is 10.7. The summed E-state index contributed by atoms with van der Waals surface area (Å²) in [6, 6.07) is 2.31. The minimum Gasteiger partial charge on any atom is -0.356 e. The van der Waals surface area contributed by atoms with Crippen LogP contribution in [0.5, 0.6) is 0 Å². The van der Waals surface area contributed by atoms with Crippen LogP contribution >= 0.6 is 0 Å². The van der Waals surface area contributed by atoms with Crippen molar-refractivity contribution in [1.82, 2.24) is 19.3 Å². The lowest BCUT2D eigenvalue weighted by molar-refractivity contribution is 0.140. The molecule has 0 unspecified atom stereocenters. The zero-order valence-electron chi connectivity index (χ0n) is 14.8. The van der Waals surface area contributed by atoms with Gasteiger partial charge in [-0.3, -0.25) is 0 Å². The number of hydrogen-bond donors (Lipinski definition) is 1. The number of nitrogens with zero attached hydrogens (tertiary/aromatic N) is 4. The van der Waals surface area contributed by atoms with Gasteiger partial charge >= 0.3 is 0 Å². The summed E-state index contributed by atoms with van der Waals surface area (Å²) in [5, 5.41) is 0.998. The molecule has 4 rings (SSSR count). The zero-order chi connectivity index (χ0) is 18.3. The molecule has 1 aliphatic heterocycles. The molecule has 26 heavy (non-hydrogen) atoms. The first-order chi connectivity index (χ1) is 12.4. The third-order valence-electron chi connectivity index (χ3n) is 5.67. The summed E-state index contributed by atoms with van der Waals surface area (Å²) in [7, 11) is -1.27. The summed E-state index contributed by atoms with van der Waals surface area (Å²) in [6.45, 7) is 0.0571. The van der Waals surface area contributed by atoms with Crippen molar-refractivity contribution in [3.8, 4) is 0 Å². The van der Waals surface area contributed by atoms with Crippen LogP contribution in [0, 0.1) is 5.92 Å². The van der Waals surface area contributed by atoms with Gasteiger partial charge in [-0.2, -0.15) is 4.31 Å². The monoisotopic (exact) mass is 381 g/mol. The van der Waals surface area contributed by atoms with Crippen molar-refractivity contribution in [2.75, 3.05) is 30.8 Å². The van der Waals surface area contributed by atoms with Gasteiger partial charge in [-0.05, 0) is 37.7 Å². The van der Waals surface area contributed by atoms with Gasteiger partial charge in [0.1, 0.15) is 24.0 Å². The number of hydrogen-bond acceptors (Lipinski definition) is 5. The Bertz CT molecular complexity index is 872. The molecular weight excluding hydrogens is 357 g/mol. The maximum atomic E-state index is 12.9. The molecule has 1 aliphatic carbocycles. The number of rotatable bonds is 5. The number of anilines is 1. The van der Waals surface area contributed by atoms with Gasteiger partial charge in [-0.15, -0.1) is 0 Å². The van der Waals surface area contributed by atoms with E-state index in [0.29, 0.717) is 6.04 Å². The number of aromatic amines is 1. The van der Waals surface area contributed by atoms with Gasteiger partial charge < -0.3 is 9.88 Å². The van der Waals surface area contributed by atoms with E-state index in [-0.39, 0.29) is 24.8 Å². The molecular formula is C17H24FN5O2S. The molecule has 3 heterocycles. The van der Waals surface area contributed by atoms with E-state index in [1.807, 2.05) is 19.3 Å². The highest BCUT2D eigenvalue weighted by atomic mass is 32.2. The number of sulfonamides is 1. The number of halogens is 1. The van der Waals surface area contributed by atoms with Crippen LogP contribution in [0.25, 0.3) is 11.0 Å². The van der Waals surface area contributed by atoms with Gasteiger partial charge in [0.05, 0.1) is 11.1 Å². The molecule has 142 valence electrons. The van der Waals surface area contributed by atoms with Crippen LogP contribution < -0.4 is 4.90 Å². The molecule has 1 N–H and O–H groups in total. The first-order valence-electron chi connectivity index (χ1n) is 9.07. The summed E-state index contributed by atoms with van der Waals surface area (Å²) < 4.78 is 38.8. The van der Waals surface area contributed by atoms with Gasteiger partial charge in [-0.25, -0.2) is 22.8 Å². The molecule has 0 spiro atoms. The molecule has 2 fully saturated rings. The molecule has 2 aromatic rings. The van der Waals surface area contributed by atoms with Gasteiger partial charge in [0.2, 0.25) is 10.0 Å². The van der Waals surface area contributed by atoms with Crippen molar-refractivity contribution in [3.63, 3.8) is 0 Å². The van der Waals surface area contributed by atoms with Crippen molar-refractivity contribution in [3.05, 3.63) is 18.6 Å². The van der Waals surface area contributed by atoms with E-state index in [9.17, 15) is 12.8 Å². The predicted molar refractivity (Wildman–Crippen MR) is 98.3 cm³/mol. The Morgan fingerprint density at radius 1 is 1.27 bits per heavy atom. The molecule has 0 bridgehead atoms. The molecule has 0 aromatic carbocycles. The van der Waals surface area contributed by atoms with Crippen molar-refractivity contribution >= 4 is 26.9 Å². The van der Waals surface area contributed by atoms with E-state index in [2.05, 4.69) is 19.9 Å². The fourth-order valence-electron chi connectivity index (χ4n) is 4.03. The Labute approximate surface area is 152 Å². The molecule has 2 aliphatic rings. The Balaban J connectivity index is 1.37. The van der Waals surface area contributed by atoms with Crippen LogP contribution in [0.4, 0.5) is 10.2 Å². The second-order valence-electron chi connectivity index (χ2n) is 7.42. The smallest absolute Gasteiger partial charge is 0.214 e. The van der Waals surface area contributed by atoms with E-state index in [1.54, 1.807) is 6.33 Å². The standard InChI is InChI=1S/C17H24FN5O2S/c1-22(17-15-6-7-19-16(15)20-11-21-17)14-4-2-12(3-5-14)10-26(24,25)23-8-13(18)9-23/h6-7,11-14H,2-5,8-10H2,1H3,(H,19,20,21). The lowest BCUT2D eigenvalue weighted by Crippen LogP contribution is -2.52. The first kappa shape index (κ1) is 17.7. The van der Waals surface area contributed by atoms with Crippen LogP contribution in [0.3, 0.4) is 0 Å². The van der Waals surface area contributed by atoms with Crippen LogP contribution in [0.1, 0.15) is 25.7 Å². The van der Waals surface area contributed by atoms with E-state index < -0.39 is 16.2 Å². The fourth-order valence-corrected chi connectivity index (χ4v) is 5.95. The number of H-pyrrole nitrogens is 1. The second kappa shape index (κ2) is 6.77. The quantitative estimate of drug-likeness (QED) is 0.856. The Hall–Kier alpha value is -1.74. The SMILES string of the molecule is CN(c1ncnc2[nH]ccc12)C1CCC(CS(=O)(=O)N2CC(F)C2)CC1. The summed E-state index contributed by atoms with van der Waals surface area (Å²) in [6.07, 6.45) is 6.01. The Morgan fingerprint density at radius 2 is 2.00 bits per heavy atom. The van der Waals surface area contributed by atoms with Crippen LogP contribution in [-0.2, 0) is 10.0 Å². The average Bonchev–Trinajstić information content (AvgIpc) is 3.07. The van der Waals surface area contributed by atoms with Gasteiger partial charge in [0, 0.05) is 32.4 Å². The summed E-state index contributed by atoms with van der Waals surface area (Å²) in [5.74, 6) is 1.20. The molecule has 9 heteroatoms. The third-order valence-corrected chi connectivity index (χ3v) is 7.65. The van der Waals surface area contributed by atoms with E-state index in [0.717, 1.165) is 42.5 Å². The second-order valence-corrected chi connectivity index (χ2v) is 9.43. The molecule has 2 aromatic heterocycles. The van der Waals surface area contributed by atoms with Crippen LogP contribution in [-0.4, -0.2) is 65.8 Å². The molecule has 0 atom stereocenters. The minimum absolute atomic E-state index is 0.0286. The van der Waals surface area contributed by atoms with E-state index in [1.165, 1.54) is 4.31 Å². The predicted octanol–water partition coefficient (Wildman–Crippen LogP) is 1.94. The largest absolute Gasteiger partial charge is 0.356 e. The number of nitrogens with one attached hydrogen (secondary N) is 1. The van der Waals surface area contributed by atoms with Crippen molar-refractivity contribution in [2.24, 2.45) is 5.92 Å². The van der Waals surface area contributed by atoms with Crippen LogP contribution in [0.15, 0.2) is 18.6 Å². The molecule has 0 amide bonds. The van der Waals surface area contributed by atoms with E-state index >= 15 is 0 Å². The highest BCUT2D eigenvalue weighted by Crippen LogP contribution is 2.33. The normalized spacial score (nSPS) is 25.3. The maximum Gasteiger partial charge on any atom is 0.214 e. The highest BCUT2D eigenvalue weighted by molar-refractivity contribution is 7.89. The topological polar surface area (TPSA) is 82.2 Å². The van der Waals surface area contributed by atoms with Crippen LogP contribution in [0.2, 0.25) is 0 Å². The summed E-state index contributed by atoms with van der Waals surface area (Å²) >= 11 is 0. The Morgan fingerprint density at radius 3 is 2.69 bits per heavy atom. The maximum absolute atomic E-state index is 12.9.